The summed E-state index contributed by atoms with van der Waals surface area (Å²) >= 11 is 7.58. The maximum atomic E-state index is 13.0. The van der Waals surface area contributed by atoms with Gasteiger partial charge in [0.15, 0.2) is 0 Å². The first-order valence-corrected chi connectivity index (χ1v) is 8.96. The second-order valence-electron chi connectivity index (χ2n) is 5.67. The number of carbonyl (C=O) groups excluding carboxylic acids is 1. The number of carbonyl (C=O) groups is 1. The van der Waals surface area contributed by atoms with Gasteiger partial charge in [0.05, 0.1) is 12.1 Å². The van der Waals surface area contributed by atoms with Gasteiger partial charge < -0.3 is 4.90 Å². The van der Waals surface area contributed by atoms with Crippen LogP contribution >= 0.6 is 22.9 Å². The van der Waals surface area contributed by atoms with Crippen molar-refractivity contribution in [1.82, 2.24) is 9.88 Å². The van der Waals surface area contributed by atoms with Crippen LogP contribution in [0.2, 0.25) is 5.02 Å². The van der Waals surface area contributed by atoms with Crippen molar-refractivity contribution in [2.75, 3.05) is 7.05 Å². The Morgan fingerprint density at radius 2 is 1.92 bits per heavy atom. The molecule has 3 aromatic rings. The minimum Gasteiger partial charge on any atom is -0.341 e. The first-order chi connectivity index (χ1) is 12.0. The summed E-state index contributed by atoms with van der Waals surface area (Å²) < 4.78 is 13.0. The van der Waals surface area contributed by atoms with E-state index in [1.54, 1.807) is 24.1 Å². The fraction of sp³-hybridized carbons (Fsp3) is 0.158. The van der Waals surface area contributed by atoms with Crippen LogP contribution in [0.15, 0.2) is 53.9 Å². The molecule has 0 saturated heterocycles. The Morgan fingerprint density at radius 3 is 2.64 bits per heavy atom. The van der Waals surface area contributed by atoms with Gasteiger partial charge in [0.25, 0.3) is 0 Å². The SMILES string of the molecule is CN(Cc1ccccc1Cl)C(=O)Cc1csc(-c2ccc(F)cc2)n1. The van der Waals surface area contributed by atoms with Crippen LogP contribution in [0.4, 0.5) is 4.39 Å². The van der Waals surface area contributed by atoms with Crippen LogP contribution in [-0.2, 0) is 17.8 Å². The normalized spacial score (nSPS) is 10.7. The van der Waals surface area contributed by atoms with Crippen LogP contribution in [0.3, 0.4) is 0 Å². The molecule has 2 aromatic carbocycles. The maximum Gasteiger partial charge on any atom is 0.228 e. The highest BCUT2D eigenvalue weighted by atomic mass is 35.5. The zero-order chi connectivity index (χ0) is 17.8. The van der Waals surface area contributed by atoms with Gasteiger partial charge in [0, 0.05) is 29.6 Å². The Bertz CT molecular complexity index is 879. The van der Waals surface area contributed by atoms with Gasteiger partial charge in [0.2, 0.25) is 5.91 Å². The van der Waals surface area contributed by atoms with Crippen molar-refractivity contribution in [1.29, 1.82) is 0 Å². The Morgan fingerprint density at radius 1 is 1.20 bits per heavy atom. The summed E-state index contributed by atoms with van der Waals surface area (Å²) in [5, 5.41) is 3.28. The smallest absolute Gasteiger partial charge is 0.228 e. The van der Waals surface area contributed by atoms with E-state index in [-0.39, 0.29) is 18.1 Å². The quantitative estimate of drug-likeness (QED) is 0.642. The molecule has 3 rings (SSSR count). The van der Waals surface area contributed by atoms with E-state index >= 15 is 0 Å². The van der Waals surface area contributed by atoms with Crippen LogP contribution in [0.5, 0.6) is 0 Å². The third-order valence-electron chi connectivity index (χ3n) is 3.77. The molecule has 3 nitrogen and oxygen atoms in total. The van der Waals surface area contributed by atoms with E-state index in [1.165, 1.54) is 23.5 Å². The number of thiazole rings is 1. The number of rotatable bonds is 5. The van der Waals surface area contributed by atoms with Crippen molar-refractivity contribution in [3.05, 3.63) is 76.0 Å². The van der Waals surface area contributed by atoms with Crippen molar-refractivity contribution in [3.63, 3.8) is 0 Å². The van der Waals surface area contributed by atoms with Crippen LogP contribution in [0, 0.1) is 5.82 Å². The number of nitrogens with zero attached hydrogens (tertiary/aromatic N) is 2. The molecule has 0 unspecified atom stereocenters. The molecule has 0 aliphatic carbocycles. The molecule has 128 valence electrons. The highest BCUT2D eigenvalue weighted by molar-refractivity contribution is 7.13. The lowest BCUT2D eigenvalue weighted by Gasteiger charge is -2.17. The van der Waals surface area contributed by atoms with E-state index in [0.29, 0.717) is 17.3 Å². The molecule has 6 heteroatoms. The lowest BCUT2D eigenvalue weighted by Crippen LogP contribution is -2.27. The van der Waals surface area contributed by atoms with Crippen molar-refractivity contribution in [2.45, 2.75) is 13.0 Å². The minimum absolute atomic E-state index is 0.0316. The van der Waals surface area contributed by atoms with Crippen molar-refractivity contribution >= 4 is 28.8 Å². The van der Waals surface area contributed by atoms with E-state index in [0.717, 1.165) is 16.1 Å². The standard InChI is InChI=1S/C19H16ClFN2OS/c1-23(11-14-4-2-3-5-17(14)20)18(24)10-16-12-25-19(22-16)13-6-8-15(21)9-7-13/h2-9,12H,10-11H2,1H3. The molecule has 0 spiro atoms. The minimum atomic E-state index is -0.281. The summed E-state index contributed by atoms with van der Waals surface area (Å²) in [6.45, 7) is 0.452. The predicted molar refractivity (Wildman–Crippen MR) is 99.1 cm³/mol. The van der Waals surface area contributed by atoms with Gasteiger partial charge in [-0.05, 0) is 35.9 Å². The second-order valence-corrected chi connectivity index (χ2v) is 6.93. The van der Waals surface area contributed by atoms with Gasteiger partial charge in [-0.2, -0.15) is 0 Å². The lowest BCUT2D eigenvalue weighted by molar-refractivity contribution is -0.129. The molecule has 0 bridgehead atoms. The Labute approximate surface area is 154 Å². The Hall–Kier alpha value is -2.24. The van der Waals surface area contributed by atoms with Crippen LogP contribution in [0.25, 0.3) is 10.6 Å². The maximum absolute atomic E-state index is 13.0. The number of likely N-dealkylation sites (N-methyl/N-ethyl adjacent to an activating group) is 1. The van der Waals surface area contributed by atoms with Crippen molar-refractivity contribution in [3.8, 4) is 10.6 Å². The number of hydrogen-bond acceptors (Lipinski definition) is 3. The topological polar surface area (TPSA) is 33.2 Å². The largest absolute Gasteiger partial charge is 0.341 e. The lowest BCUT2D eigenvalue weighted by atomic mass is 10.2. The molecule has 0 aliphatic rings. The van der Waals surface area contributed by atoms with E-state index < -0.39 is 0 Å². The first kappa shape index (κ1) is 17.6. The molecule has 0 aliphatic heterocycles. The number of halogens is 2. The molecule has 0 N–H and O–H groups in total. The summed E-state index contributed by atoms with van der Waals surface area (Å²) in [5.74, 6) is -0.312. The van der Waals surface area contributed by atoms with Gasteiger partial charge in [-0.3, -0.25) is 4.79 Å². The first-order valence-electron chi connectivity index (χ1n) is 7.70. The molecular weight excluding hydrogens is 359 g/mol. The summed E-state index contributed by atoms with van der Waals surface area (Å²) in [4.78, 5) is 18.5. The fourth-order valence-electron chi connectivity index (χ4n) is 2.37. The van der Waals surface area contributed by atoms with E-state index in [1.807, 2.05) is 29.6 Å². The summed E-state index contributed by atoms with van der Waals surface area (Å²) in [5.41, 5.74) is 2.46. The Kier molecular flexibility index (Phi) is 5.46. The molecule has 1 amide bonds. The summed E-state index contributed by atoms with van der Waals surface area (Å²) in [6.07, 6.45) is 0.221. The van der Waals surface area contributed by atoms with Crippen molar-refractivity contribution in [2.24, 2.45) is 0 Å². The highest BCUT2D eigenvalue weighted by Crippen LogP contribution is 2.24. The number of hydrogen-bond donors (Lipinski definition) is 0. The van der Waals surface area contributed by atoms with Crippen molar-refractivity contribution < 1.29 is 9.18 Å². The molecular formula is C19H16ClFN2OS. The van der Waals surface area contributed by atoms with Gasteiger partial charge in [-0.25, -0.2) is 9.37 Å². The zero-order valence-corrected chi connectivity index (χ0v) is 15.1. The number of aromatic nitrogens is 1. The third kappa shape index (κ3) is 4.44. The van der Waals surface area contributed by atoms with Gasteiger partial charge in [0.1, 0.15) is 10.8 Å². The zero-order valence-electron chi connectivity index (χ0n) is 13.6. The second kappa shape index (κ2) is 7.76. The summed E-state index contributed by atoms with van der Waals surface area (Å²) in [6, 6.07) is 13.6. The summed E-state index contributed by atoms with van der Waals surface area (Å²) in [7, 11) is 1.75. The molecule has 1 heterocycles. The average molecular weight is 375 g/mol. The van der Waals surface area contributed by atoms with Gasteiger partial charge in [-0.1, -0.05) is 29.8 Å². The third-order valence-corrected chi connectivity index (χ3v) is 5.08. The van der Waals surface area contributed by atoms with Crippen LogP contribution in [0.1, 0.15) is 11.3 Å². The molecule has 25 heavy (non-hydrogen) atoms. The predicted octanol–water partition coefficient (Wildman–Crippen LogP) is 4.80. The molecule has 0 radical (unpaired) electrons. The van der Waals surface area contributed by atoms with E-state index in [2.05, 4.69) is 4.98 Å². The molecule has 0 saturated carbocycles. The number of amides is 1. The monoisotopic (exact) mass is 374 g/mol. The molecule has 0 atom stereocenters. The molecule has 1 aromatic heterocycles. The van der Waals surface area contributed by atoms with Gasteiger partial charge in [-0.15, -0.1) is 11.3 Å². The van der Waals surface area contributed by atoms with E-state index in [4.69, 9.17) is 11.6 Å². The van der Waals surface area contributed by atoms with Gasteiger partial charge >= 0.3 is 0 Å². The van der Waals surface area contributed by atoms with E-state index in [9.17, 15) is 9.18 Å². The van der Waals surface area contributed by atoms with Crippen LogP contribution in [-0.4, -0.2) is 22.8 Å². The molecule has 0 fully saturated rings. The highest BCUT2D eigenvalue weighted by Gasteiger charge is 2.14. The van der Waals surface area contributed by atoms with Crippen LogP contribution < -0.4 is 0 Å². The number of benzene rings is 2. The fourth-order valence-corrected chi connectivity index (χ4v) is 3.39. The Balaban J connectivity index is 1.65. The average Bonchev–Trinajstić information content (AvgIpc) is 3.06.